The molecule has 33 heavy (non-hydrogen) atoms. The number of aliphatic imine (C=N–C) groups is 1. The van der Waals surface area contributed by atoms with E-state index in [-0.39, 0.29) is 24.0 Å². The minimum atomic E-state index is 0. The first-order valence-corrected chi connectivity index (χ1v) is 12.5. The van der Waals surface area contributed by atoms with Gasteiger partial charge in [0.1, 0.15) is 12.4 Å². The Labute approximate surface area is 216 Å². The second-order valence-electron chi connectivity index (χ2n) is 8.88. The first-order chi connectivity index (χ1) is 15.7. The fourth-order valence-corrected chi connectivity index (χ4v) is 4.58. The third-order valence-electron chi connectivity index (χ3n) is 6.64. The summed E-state index contributed by atoms with van der Waals surface area (Å²) in [5.74, 6) is 3.32. The second kappa shape index (κ2) is 15.8. The third kappa shape index (κ3) is 9.65. The van der Waals surface area contributed by atoms with Crippen LogP contribution in [0.25, 0.3) is 0 Å². The quantitative estimate of drug-likeness (QED) is 0.171. The lowest BCUT2D eigenvalue weighted by molar-refractivity contribution is 0.0169. The lowest BCUT2D eigenvalue weighted by atomic mass is 9.98. The summed E-state index contributed by atoms with van der Waals surface area (Å²) >= 11 is 0. The molecule has 1 aromatic rings. The fraction of sp³-hybridized carbons (Fsp3) is 0.870. The van der Waals surface area contributed by atoms with Crippen LogP contribution in [0, 0.1) is 12.8 Å². The van der Waals surface area contributed by atoms with Gasteiger partial charge >= 0.3 is 0 Å². The zero-order valence-corrected chi connectivity index (χ0v) is 23.1. The van der Waals surface area contributed by atoms with Gasteiger partial charge in [0, 0.05) is 39.8 Å². The van der Waals surface area contributed by atoms with Crippen LogP contribution < -0.4 is 10.6 Å². The van der Waals surface area contributed by atoms with Crippen molar-refractivity contribution in [2.24, 2.45) is 18.0 Å². The number of nitrogens with one attached hydrogen (secondary N) is 2. The zero-order valence-electron chi connectivity index (χ0n) is 20.7. The Kier molecular flexibility index (Phi) is 13.6. The lowest BCUT2D eigenvalue weighted by Gasteiger charge is -2.26. The van der Waals surface area contributed by atoms with Crippen LogP contribution in [0.4, 0.5) is 0 Å². The summed E-state index contributed by atoms with van der Waals surface area (Å²) in [6, 6.07) is 0. The second-order valence-corrected chi connectivity index (χ2v) is 8.88. The number of rotatable bonds is 12. The van der Waals surface area contributed by atoms with Gasteiger partial charge in [-0.2, -0.15) is 0 Å². The van der Waals surface area contributed by atoms with Crippen molar-refractivity contribution in [2.75, 3.05) is 52.5 Å². The Morgan fingerprint density at radius 2 is 1.91 bits per heavy atom. The molecule has 190 valence electrons. The summed E-state index contributed by atoms with van der Waals surface area (Å²) in [6.45, 7) is 11.9. The number of aryl methyl sites for hydroxylation is 1. The molecule has 1 saturated carbocycles. The van der Waals surface area contributed by atoms with Gasteiger partial charge in [0.05, 0.1) is 19.3 Å². The Bertz CT molecular complexity index is 688. The molecule has 0 radical (unpaired) electrons. The predicted octanol–water partition coefficient (Wildman–Crippen LogP) is 2.48. The van der Waals surface area contributed by atoms with Crippen LogP contribution in [0.3, 0.4) is 0 Å². The summed E-state index contributed by atoms with van der Waals surface area (Å²) < 4.78 is 13.5. The van der Waals surface area contributed by atoms with Crippen molar-refractivity contribution in [1.82, 2.24) is 30.3 Å². The number of halogens is 1. The van der Waals surface area contributed by atoms with Gasteiger partial charge in [-0.05, 0) is 52.0 Å². The normalized spacial score (nSPS) is 18.8. The van der Waals surface area contributed by atoms with Crippen LogP contribution in [0.15, 0.2) is 4.99 Å². The van der Waals surface area contributed by atoms with Gasteiger partial charge in [0.25, 0.3) is 0 Å². The largest absolute Gasteiger partial charge is 0.379 e. The van der Waals surface area contributed by atoms with E-state index >= 15 is 0 Å². The highest BCUT2D eigenvalue weighted by atomic mass is 127. The maximum Gasteiger partial charge on any atom is 0.191 e. The first kappa shape index (κ1) is 28.3. The monoisotopic (exact) mass is 577 g/mol. The molecule has 1 atom stereocenters. The van der Waals surface area contributed by atoms with Crippen LogP contribution in [0.2, 0.25) is 0 Å². The average Bonchev–Trinajstić information content (AvgIpc) is 3.45. The molecule has 1 aliphatic heterocycles. The first-order valence-electron chi connectivity index (χ1n) is 12.5. The number of morpholine rings is 1. The highest BCUT2D eigenvalue weighted by Crippen LogP contribution is 2.30. The van der Waals surface area contributed by atoms with E-state index in [4.69, 9.17) is 14.5 Å². The van der Waals surface area contributed by atoms with Crippen LogP contribution in [0.1, 0.15) is 57.1 Å². The SMILES string of the molecule is CCOC(CCNC(=NCc1nnc(C)n1C)NCCCN1CCOCC1)C1CCCC1.I. The van der Waals surface area contributed by atoms with Gasteiger partial charge in [-0.25, -0.2) is 4.99 Å². The van der Waals surface area contributed by atoms with Crippen molar-refractivity contribution in [2.45, 2.75) is 65.0 Å². The summed E-state index contributed by atoms with van der Waals surface area (Å²) in [5.41, 5.74) is 0. The fourth-order valence-electron chi connectivity index (χ4n) is 4.58. The molecule has 1 aromatic heterocycles. The minimum absolute atomic E-state index is 0. The number of hydrogen-bond donors (Lipinski definition) is 2. The van der Waals surface area contributed by atoms with Crippen molar-refractivity contribution in [3.63, 3.8) is 0 Å². The van der Waals surface area contributed by atoms with E-state index in [0.717, 1.165) is 83.0 Å². The molecule has 1 saturated heterocycles. The zero-order chi connectivity index (χ0) is 22.6. The summed E-state index contributed by atoms with van der Waals surface area (Å²) in [6.07, 6.45) is 7.72. The Hall–Kier alpha value is -0.980. The number of ether oxygens (including phenoxy) is 2. The van der Waals surface area contributed by atoms with Gasteiger partial charge in [-0.15, -0.1) is 34.2 Å². The summed E-state index contributed by atoms with van der Waals surface area (Å²) in [5, 5.41) is 15.4. The molecule has 2 fully saturated rings. The van der Waals surface area contributed by atoms with Crippen molar-refractivity contribution in [3.8, 4) is 0 Å². The van der Waals surface area contributed by atoms with E-state index < -0.39 is 0 Å². The van der Waals surface area contributed by atoms with E-state index in [1.165, 1.54) is 25.7 Å². The number of guanidine groups is 1. The molecular formula is C23H44IN7O2. The van der Waals surface area contributed by atoms with Crippen molar-refractivity contribution in [1.29, 1.82) is 0 Å². The van der Waals surface area contributed by atoms with E-state index in [1.807, 2.05) is 18.5 Å². The molecule has 2 N–H and O–H groups in total. The summed E-state index contributed by atoms with van der Waals surface area (Å²) in [7, 11) is 1.98. The predicted molar refractivity (Wildman–Crippen MR) is 142 cm³/mol. The maximum atomic E-state index is 6.08. The molecule has 0 bridgehead atoms. The van der Waals surface area contributed by atoms with Gasteiger partial charge in [-0.3, -0.25) is 4.90 Å². The van der Waals surface area contributed by atoms with Crippen LogP contribution in [0.5, 0.6) is 0 Å². The van der Waals surface area contributed by atoms with E-state index in [2.05, 4.69) is 32.7 Å². The maximum absolute atomic E-state index is 6.08. The van der Waals surface area contributed by atoms with Crippen LogP contribution in [-0.2, 0) is 23.1 Å². The molecule has 2 aliphatic rings. The average molecular weight is 578 g/mol. The molecule has 1 aliphatic carbocycles. The standard InChI is InChI=1S/C23H43N7O2.HI/c1-4-32-21(20-8-5-6-9-20)10-12-25-23(26-18-22-28-27-19(2)29(22)3)24-11-7-13-30-14-16-31-17-15-30;/h20-21H,4-18H2,1-3H3,(H2,24,25,26);1H. The van der Waals surface area contributed by atoms with E-state index in [0.29, 0.717) is 18.6 Å². The van der Waals surface area contributed by atoms with Gasteiger partial charge in [0.2, 0.25) is 0 Å². The molecule has 0 spiro atoms. The molecule has 10 heteroatoms. The number of hydrogen-bond acceptors (Lipinski definition) is 6. The van der Waals surface area contributed by atoms with Gasteiger partial charge in [-0.1, -0.05) is 12.8 Å². The van der Waals surface area contributed by atoms with Crippen LogP contribution in [-0.4, -0.2) is 84.3 Å². The third-order valence-corrected chi connectivity index (χ3v) is 6.64. The van der Waals surface area contributed by atoms with E-state index in [1.54, 1.807) is 0 Å². The molecule has 2 heterocycles. The lowest BCUT2D eigenvalue weighted by Crippen LogP contribution is -2.42. The molecular weight excluding hydrogens is 533 g/mol. The Morgan fingerprint density at radius 1 is 1.18 bits per heavy atom. The Balaban J connectivity index is 0.00000385. The smallest absolute Gasteiger partial charge is 0.191 e. The van der Waals surface area contributed by atoms with Crippen LogP contribution >= 0.6 is 24.0 Å². The molecule has 0 amide bonds. The molecule has 3 rings (SSSR count). The van der Waals surface area contributed by atoms with Crippen molar-refractivity contribution >= 4 is 29.9 Å². The van der Waals surface area contributed by atoms with Gasteiger partial charge in [0.15, 0.2) is 11.8 Å². The topological polar surface area (TPSA) is 88.8 Å². The molecule has 1 unspecified atom stereocenters. The highest BCUT2D eigenvalue weighted by Gasteiger charge is 2.25. The van der Waals surface area contributed by atoms with Crippen molar-refractivity contribution in [3.05, 3.63) is 11.6 Å². The highest BCUT2D eigenvalue weighted by molar-refractivity contribution is 14.0. The molecule has 9 nitrogen and oxygen atoms in total. The summed E-state index contributed by atoms with van der Waals surface area (Å²) in [4.78, 5) is 7.25. The minimum Gasteiger partial charge on any atom is -0.379 e. The van der Waals surface area contributed by atoms with Crippen molar-refractivity contribution < 1.29 is 9.47 Å². The van der Waals surface area contributed by atoms with E-state index in [9.17, 15) is 0 Å². The van der Waals surface area contributed by atoms with Gasteiger partial charge < -0.3 is 24.7 Å². The number of aromatic nitrogens is 3. The Morgan fingerprint density at radius 3 is 2.58 bits per heavy atom. The number of nitrogens with zero attached hydrogens (tertiary/aromatic N) is 5. The molecule has 0 aromatic carbocycles.